The minimum absolute atomic E-state index is 0.279. The lowest BCUT2D eigenvalue weighted by molar-refractivity contribution is 0.231. The quantitative estimate of drug-likeness (QED) is 0.504. The largest absolute Gasteiger partial charge is 0.347 e. The van der Waals surface area contributed by atoms with Crippen LogP contribution < -0.4 is 5.43 Å². The Labute approximate surface area is 133 Å². The second-order valence-electron chi connectivity index (χ2n) is 4.33. The summed E-state index contributed by atoms with van der Waals surface area (Å²) in [6.45, 7) is 0. The Bertz CT molecular complexity index is 606. The third kappa shape index (κ3) is 5.53. The van der Waals surface area contributed by atoms with Gasteiger partial charge in [-0.3, -0.25) is 14.3 Å². The van der Waals surface area contributed by atoms with Crippen LogP contribution in [0.4, 0.5) is 4.79 Å². The number of amides is 2. The fourth-order valence-corrected chi connectivity index (χ4v) is 2.30. The maximum Gasteiger partial charge on any atom is 0.347 e. The molecule has 0 aromatic carbocycles. The molecule has 0 spiro atoms. The van der Waals surface area contributed by atoms with Crippen molar-refractivity contribution in [3.8, 4) is 0 Å². The number of nitrogens with one attached hydrogen (secondary N) is 1. The van der Waals surface area contributed by atoms with Crippen LogP contribution in [0, 0.1) is 0 Å². The van der Waals surface area contributed by atoms with Crippen LogP contribution in [0.25, 0.3) is 0 Å². The lowest BCUT2D eigenvalue weighted by Gasteiger charge is -2.14. The van der Waals surface area contributed by atoms with Crippen LogP contribution in [-0.4, -0.2) is 39.3 Å². The molecule has 0 atom stereocenters. The zero-order valence-electron chi connectivity index (χ0n) is 12.2. The molecule has 2 rings (SSSR count). The van der Waals surface area contributed by atoms with E-state index in [0.717, 1.165) is 17.9 Å². The van der Waals surface area contributed by atoms with Gasteiger partial charge < -0.3 is 0 Å². The van der Waals surface area contributed by atoms with E-state index >= 15 is 0 Å². The van der Waals surface area contributed by atoms with Gasteiger partial charge in [0.1, 0.15) is 0 Å². The van der Waals surface area contributed by atoms with E-state index in [1.54, 1.807) is 25.5 Å². The number of hydrazone groups is 1. The van der Waals surface area contributed by atoms with E-state index < -0.39 is 0 Å². The van der Waals surface area contributed by atoms with Gasteiger partial charge in [0.05, 0.1) is 11.9 Å². The molecular formula is C15H17N5OS. The van der Waals surface area contributed by atoms with E-state index in [2.05, 4.69) is 20.5 Å². The van der Waals surface area contributed by atoms with Gasteiger partial charge in [0, 0.05) is 37.3 Å². The summed E-state index contributed by atoms with van der Waals surface area (Å²) >= 11 is 1.42. The molecule has 0 aliphatic heterocycles. The van der Waals surface area contributed by atoms with Gasteiger partial charge in [0.2, 0.25) is 0 Å². The number of carbonyl (C=O) groups is 1. The van der Waals surface area contributed by atoms with Crippen LogP contribution in [0.5, 0.6) is 0 Å². The highest BCUT2D eigenvalue weighted by atomic mass is 32.2. The summed E-state index contributed by atoms with van der Waals surface area (Å²) < 4.78 is 1.51. The van der Waals surface area contributed by atoms with Crippen molar-refractivity contribution in [3.63, 3.8) is 0 Å². The molecule has 0 unspecified atom stereocenters. The summed E-state index contributed by atoms with van der Waals surface area (Å²) in [6.07, 6.45) is 5.75. The molecule has 114 valence electrons. The van der Waals surface area contributed by atoms with Crippen LogP contribution in [0.3, 0.4) is 0 Å². The third-order valence-corrected chi connectivity index (χ3v) is 3.64. The van der Waals surface area contributed by atoms with E-state index in [0.29, 0.717) is 5.69 Å². The number of hydrogen-bond donors (Lipinski definition) is 1. The van der Waals surface area contributed by atoms with Gasteiger partial charge >= 0.3 is 6.03 Å². The van der Waals surface area contributed by atoms with Crippen molar-refractivity contribution in [2.45, 2.75) is 6.42 Å². The normalized spacial score (nSPS) is 10.6. The number of nitrogens with zero attached hydrogens (tertiary/aromatic N) is 4. The first-order chi connectivity index (χ1) is 10.8. The zero-order valence-corrected chi connectivity index (χ0v) is 13.0. The summed E-state index contributed by atoms with van der Waals surface area (Å²) in [5.41, 5.74) is 4.16. The fourth-order valence-electron chi connectivity index (χ4n) is 1.57. The van der Waals surface area contributed by atoms with Crippen LogP contribution in [-0.2, 0) is 6.42 Å². The third-order valence-electron chi connectivity index (χ3n) is 2.70. The highest BCUT2D eigenvalue weighted by Gasteiger charge is 2.07. The SMILES string of the molecule is CN(SCCc1ccccn1)C(=O)N/N=C/c1ccccn1. The molecule has 0 aliphatic rings. The zero-order chi connectivity index (χ0) is 15.6. The van der Waals surface area contributed by atoms with E-state index in [1.807, 2.05) is 30.3 Å². The molecule has 2 aromatic heterocycles. The Hall–Kier alpha value is -2.41. The predicted octanol–water partition coefficient (Wildman–Crippen LogP) is 2.34. The van der Waals surface area contributed by atoms with Gasteiger partial charge in [0.15, 0.2) is 0 Å². The van der Waals surface area contributed by atoms with Crippen molar-refractivity contribution >= 4 is 24.2 Å². The first-order valence-corrected chi connectivity index (χ1v) is 7.70. The van der Waals surface area contributed by atoms with Crippen LogP contribution in [0.15, 0.2) is 53.9 Å². The molecule has 22 heavy (non-hydrogen) atoms. The number of rotatable bonds is 6. The van der Waals surface area contributed by atoms with Crippen molar-refractivity contribution in [1.29, 1.82) is 0 Å². The van der Waals surface area contributed by atoms with Crippen molar-refractivity contribution in [2.75, 3.05) is 12.8 Å². The van der Waals surface area contributed by atoms with E-state index in [4.69, 9.17) is 0 Å². The summed E-state index contributed by atoms with van der Waals surface area (Å²) in [4.78, 5) is 20.1. The number of aryl methyl sites for hydroxylation is 1. The van der Waals surface area contributed by atoms with Crippen LogP contribution in [0.1, 0.15) is 11.4 Å². The lowest BCUT2D eigenvalue weighted by atomic mass is 10.3. The average molecular weight is 315 g/mol. The standard InChI is InChI=1S/C15H17N5OS/c1-20(22-11-8-13-6-2-4-9-16-13)15(21)19-18-12-14-7-3-5-10-17-14/h2-7,9-10,12H,8,11H2,1H3,(H,19,21)/b18-12+. The molecule has 2 heterocycles. The Balaban J connectivity index is 1.69. The molecule has 0 fully saturated rings. The fraction of sp³-hybridized carbons (Fsp3) is 0.200. The minimum atomic E-state index is -0.279. The lowest BCUT2D eigenvalue weighted by Crippen LogP contribution is -2.30. The van der Waals surface area contributed by atoms with Gasteiger partial charge in [-0.05, 0) is 36.2 Å². The number of carbonyl (C=O) groups excluding carboxylic acids is 1. The second-order valence-corrected chi connectivity index (χ2v) is 5.55. The maximum absolute atomic E-state index is 11.8. The second kappa shape index (κ2) is 8.78. The molecule has 2 amide bonds. The highest BCUT2D eigenvalue weighted by molar-refractivity contribution is 7.97. The predicted molar refractivity (Wildman–Crippen MR) is 88.5 cm³/mol. The number of aromatic nitrogens is 2. The highest BCUT2D eigenvalue weighted by Crippen LogP contribution is 2.09. The van der Waals surface area contributed by atoms with Gasteiger partial charge in [-0.2, -0.15) is 5.10 Å². The molecule has 0 bridgehead atoms. The van der Waals surface area contributed by atoms with Gasteiger partial charge in [-0.1, -0.05) is 12.1 Å². The smallest absolute Gasteiger partial charge is 0.270 e. The molecule has 0 saturated heterocycles. The summed E-state index contributed by atoms with van der Waals surface area (Å²) in [5, 5.41) is 3.87. The number of pyridine rings is 2. The van der Waals surface area contributed by atoms with Crippen LogP contribution >= 0.6 is 11.9 Å². The first kappa shape index (κ1) is 16.0. The number of hydrogen-bond acceptors (Lipinski definition) is 5. The minimum Gasteiger partial charge on any atom is -0.270 e. The average Bonchev–Trinajstić information content (AvgIpc) is 2.56. The van der Waals surface area contributed by atoms with Crippen molar-refractivity contribution in [2.24, 2.45) is 5.10 Å². The van der Waals surface area contributed by atoms with E-state index in [-0.39, 0.29) is 6.03 Å². The monoisotopic (exact) mass is 315 g/mol. The summed E-state index contributed by atoms with van der Waals surface area (Å²) in [7, 11) is 1.70. The number of urea groups is 1. The first-order valence-electron chi connectivity index (χ1n) is 6.76. The Morgan fingerprint density at radius 1 is 1.27 bits per heavy atom. The topological polar surface area (TPSA) is 70.5 Å². The van der Waals surface area contributed by atoms with E-state index in [9.17, 15) is 4.79 Å². The molecule has 1 N–H and O–H groups in total. The van der Waals surface area contributed by atoms with Gasteiger partial charge in [0.25, 0.3) is 0 Å². The Kier molecular flexibility index (Phi) is 6.38. The molecule has 7 heteroatoms. The maximum atomic E-state index is 11.8. The Morgan fingerprint density at radius 2 is 2.05 bits per heavy atom. The molecular weight excluding hydrogens is 298 g/mol. The molecule has 0 aliphatic carbocycles. The van der Waals surface area contributed by atoms with Gasteiger partial charge in [-0.15, -0.1) is 0 Å². The van der Waals surface area contributed by atoms with Crippen molar-refractivity contribution in [3.05, 3.63) is 60.2 Å². The Morgan fingerprint density at radius 3 is 2.73 bits per heavy atom. The summed E-state index contributed by atoms with van der Waals surface area (Å²) in [5.74, 6) is 0.769. The van der Waals surface area contributed by atoms with Gasteiger partial charge in [-0.25, -0.2) is 10.2 Å². The molecule has 2 aromatic rings. The summed E-state index contributed by atoms with van der Waals surface area (Å²) in [6, 6.07) is 11.0. The molecule has 0 saturated carbocycles. The molecule has 0 radical (unpaired) electrons. The van der Waals surface area contributed by atoms with Crippen molar-refractivity contribution < 1.29 is 4.79 Å². The van der Waals surface area contributed by atoms with Crippen molar-refractivity contribution in [1.82, 2.24) is 19.7 Å². The molecule has 6 nitrogen and oxygen atoms in total. The van der Waals surface area contributed by atoms with Crippen LogP contribution in [0.2, 0.25) is 0 Å². The van der Waals surface area contributed by atoms with E-state index in [1.165, 1.54) is 22.5 Å².